The molecule has 0 fully saturated rings. The van der Waals surface area contributed by atoms with Crippen LogP contribution in [0.3, 0.4) is 0 Å². The normalized spacial score (nSPS) is 10.2. The molecule has 0 N–H and O–H groups in total. The summed E-state index contributed by atoms with van der Waals surface area (Å²) >= 11 is 4.17. The second-order valence-electron chi connectivity index (χ2n) is 5.90. The number of unbranched alkanes of at least 4 members (excludes halogenated alkanes) is 2. The molecule has 1 aromatic carbocycles. The molecule has 0 aliphatic carbocycles. The SMILES string of the molecule is O=C(CCCCO[N+](=O)[O-])Oc1ccc(OC(=O)CCCCO[N+](=O)[O-])c(CS)c1. The molecule has 0 saturated heterocycles. The quantitative estimate of drug-likeness (QED) is 0.106. The van der Waals surface area contributed by atoms with Crippen LogP contribution >= 0.6 is 12.6 Å². The fraction of sp³-hybridized carbons (Fsp3) is 0.529. The van der Waals surface area contributed by atoms with E-state index in [1.54, 1.807) is 0 Å². The molecule has 13 heteroatoms. The molecule has 0 aliphatic heterocycles. The van der Waals surface area contributed by atoms with Crippen LogP contribution in [0.1, 0.15) is 44.1 Å². The van der Waals surface area contributed by atoms with Crippen molar-refractivity contribution in [2.45, 2.75) is 44.3 Å². The second-order valence-corrected chi connectivity index (χ2v) is 6.22. The zero-order chi connectivity index (χ0) is 22.4. The van der Waals surface area contributed by atoms with Crippen molar-refractivity contribution in [1.29, 1.82) is 0 Å². The van der Waals surface area contributed by atoms with Gasteiger partial charge >= 0.3 is 11.9 Å². The van der Waals surface area contributed by atoms with E-state index in [1.165, 1.54) is 18.2 Å². The van der Waals surface area contributed by atoms with Crippen molar-refractivity contribution in [2.75, 3.05) is 13.2 Å². The average molecular weight is 446 g/mol. The number of rotatable bonds is 15. The molecule has 1 aromatic rings. The van der Waals surface area contributed by atoms with Crippen LogP contribution in [0.25, 0.3) is 0 Å². The number of thiol groups is 1. The molecule has 0 aliphatic rings. The van der Waals surface area contributed by atoms with Crippen molar-refractivity contribution in [3.8, 4) is 11.5 Å². The van der Waals surface area contributed by atoms with Crippen LogP contribution in [-0.2, 0) is 25.0 Å². The number of nitrogens with zero attached hydrogens (tertiary/aromatic N) is 2. The van der Waals surface area contributed by atoms with Gasteiger partial charge < -0.3 is 19.1 Å². The summed E-state index contributed by atoms with van der Waals surface area (Å²) in [7, 11) is 0. The van der Waals surface area contributed by atoms with Crippen LogP contribution in [0.5, 0.6) is 11.5 Å². The Morgan fingerprint density at radius 2 is 1.40 bits per heavy atom. The van der Waals surface area contributed by atoms with Gasteiger partial charge in [-0.05, 0) is 43.9 Å². The lowest BCUT2D eigenvalue weighted by atomic mass is 10.2. The van der Waals surface area contributed by atoms with E-state index in [1.807, 2.05) is 0 Å². The maximum Gasteiger partial charge on any atom is 0.311 e. The fourth-order valence-corrected chi connectivity index (χ4v) is 2.47. The predicted molar refractivity (Wildman–Crippen MR) is 104 cm³/mol. The van der Waals surface area contributed by atoms with E-state index in [-0.39, 0.29) is 43.3 Å². The third-order valence-corrected chi connectivity index (χ3v) is 3.94. The molecule has 166 valence electrons. The van der Waals surface area contributed by atoms with Crippen molar-refractivity contribution < 1.29 is 38.9 Å². The third kappa shape index (κ3) is 11.0. The molecule has 30 heavy (non-hydrogen) atoms. The Morgan fingerprint density at radius 3 is 1.90 bits per heavy atom. The van der Waals surface area contributed by atoms with Crippen LogP contribution in [-0.4, -0.2) is 35.3 Å². The van der Waals surface area contributed by atoms with Gasteiger partial charge in [-0.1, -0.05) is 0 Å². The lowest BCUT2D eigenvalue weighted by Crippen LogP contribution is -2.11. The molecule has 12 nitrogen and oxygen atoms in total. The first-order valence-electron chi connectivity index (χ1n) is 9.01. The van der Waals surface area contributed by atoms with Crippen molar-refractivity contribution in [3.63, 3.8) is 0 Å². The molecule has 0 saturated carbocycles. The van der Waals surface area contributed by atoms with Crippen molar-refractivity contribution in [3.05, 3.63) is 44.0 Å². The molecule has 0 heterocycles. The minimum absolute atomic E-state index is 0.0595. The first kappa shape index (κ1) is 24.9. The lowest BCUT2D eigenvalue weighted by Gasteiger charge is -2.11. The highest BCUT2D eigenvalue weighted by molar-refractivity contribution is 7.79. The van der Waals surface area contributed by atoms with Gasteiger partial charge in [0, 0.05) is 24.2 Å². The minimum Gasteiger partial charge on any atom is -0.427 e. The van der Waals surface area contributed by atoms with Gasteiger partial charge in [0.05, 0.1) is 13.2 Å². The van der Waals surface area contributed by atoms with Crippen LogP contribution < -0.4 is 9.47 Å². The molecule has 0 unspecified atom stereocenters. The smallest absolute Gasteiger partial charge is 0.311 e. The zero-order valence-electron chi connectivity index (χ0n) is 16.0. The number of hydrogen-bond acceptors (Lipinski definition) is 11. The number of hydrogen-bond donors (Lipinski definition) is 1. The van der Waals surface area contributed by atoms with Crippen LogP contribution in [0, 0.1) is 20.2 Å². The van der Waals surface area contributed by atoms with E-state index < -0.39 is 22.1 Å². The predicted octanol–water partition coefficient (Wildman–Crippen LogP) is 2.68. The maximum atomic E-state index is 11.9. The molecule has 0 bridgehead atoms. The van der Waals surface area contributed by atoms with Crippen molar-refractivity contribution in [2.24, 2.45) is 0 Å². The molecular weight excluding hydrogens is 424 g/mol. The van der Waals surface area contributed by atoms with Gasteiger partial charge in [-0.3, -0.25) is 9.59 Å². The molecule has 0 atom stereocenters. The van der Waals surface area contributed by atoms with E-state index in [0.717, 1.165) is 0 Å². The topological polar surface area (TPSA) is 157 Å². The standard InChI is InChI=1S/C17H22N2O10S/c20-16(5-1-3-9-26-18(22)23)28-14-7-8-15(13(11-14)12-30)29-17(21)6-2-4-10-27-19(24)25/h7-8,11,30H,1-6,9-10,12H2. The Kier molecular flexibility index (Phi) is 11.6. The summed E-state index contributed by atoms with van der Waals surface area (Å²) in [5.74, 6) is -0.276. The summed E-state index contributed by atoms with van der Waals surface area (Å²) in [5.41, 5.74) is 0.535. The Hall–Kier alpha value is -3.09. The van der Waals surface area contributed by atoms with Gasteiger partial charge in [0.1, 0.15) is 11.5 Å². The first-order chi connectivity index (χ1) is 14.3. The average Bonchev–Trinajstić information content (AvgIpc) is 2.68. The third-order valence-electron chi connectivity index (χ3n) is 3.60. The minimum atomic E-state index is -0.892. The monoisotopic (exact) mass is 446 g/mol. The van der Waals surface area contributed by atoms with Crippen LogP contribution in [0.2, 0.25) is 0 Å². The van der Waals surface area contributed by atoms with Crippen molar-refractivity contribution in [1.82, 2.24) is 0 Å². The lowest BCUT2D eigenvalue weighted by molar-refractivity contribution is -0.757. The van der Waals surface area contributed by atoms with E-state index in [2.05, 4.69) is 22.3 Å². The van der Waals surface area contributed by atoms with Gasteiger partial charge in [0.2, 0.25) is 0 Å². The summed E-state index contributed by atoms with van der Waals surface area (Å²) in [6, 6.07) is 4.47. The molecule has 0 spiro atoms. The second kappa shape index (κ2) is 14.0. The summed E-state index contributed by atoms with van der Waals surface area (Å²) in [4.78, 5) is 52.1. The molecule has 0 amide bonds. The van der Waals surface area contributed by atoms with Crippen LogP contribution in [0.4, 0.5) is 0 Å². The van der Waals surface area contributed by atoms with E-state index in [0.29, 0.717) is 31.2 Å². The zero-order valence-corrected chi connectivity index (χ0v) is 16.9. The largest absolute Gasteiger partial charge is 0.427 e. The number of esters is 2. The number of benzene rings is 1. The molecule has 0 radical (unpaired) electrons. The Bertz CT molecular complexity index is 743. The summed E-state index contributed by atoms with van der Waals surface area (Å²) in [6.07, 6.45) is 1.53. The van der Waals surface area contributed by atoms with Crippen LogP contribution in [0.15, 0.2) is 18.2 Å². The first-order valence-corrected chi connectivity index (χ1v) is 9.64. The van der Waals surface area contributed by atoms with Gasteiger partial charge in [-0.2, -0.15) is 12.6 Å². The highest BCUT2D eigenvalue weighted by atomic mass is 32.1. The summed E-state index contributed by atoms with van der Waals surface area (Å²) < 4.78 is 10.5. The Labute approximate surface area is 177 Å². The van der Waals surface area contributed by atoms with E-state index >= 15 is 0 Å². The highest BCUT2D eigenvalue weighted by Gasteiger charge is 2.12. The Balaban J connectivity index is 2.44. The molecule has 1 rings (SSSR count). The number of carbonyl (C=O) groups excluding carboxylic acids is 2. The van der Waals surface area contributed by atoms with E-state index in [4.69, 9.17) is 9.47 Å². The Morgan fingerprint density at radius 1 is 0.867 bits per heavy atom. The number of ether oxygens (including phenoxy) is 2. The van der Waals surface area contributed by atoms with Gasteiger partial charge in [0.15, 0.2) is 0 Å². The van der Waals surface area contributed by atoms with Crippen molar-refractivity contribution >= 4 is 24.6 Å². The van der Waals surface area contributed by atoms with E-state index in [9.17, 15) is 29.8 Å². The molecule has 0 aromatic heterocycles. The maximum absolute atomic E-state index is 11.9. The van der Waals surface area contributed by atoms with Gasteiger partial charge in [-0.15, -0.1) is 20.2 Å². The van der Waals surface area contributed by atoms with Gasteiger partial charge in [0.25, 0.3) is 10.2 Å². The fourth-order valence-electron chi connectivity index (χ4n) is 2.22. The molecular formula is C17H22N2O10S. The highest BCUT2D eigenvalue weighted by Crippen LogP contribution is 2.26. The van der Waals surface area contributed by atoms with Gasteiger partial charge in [-0.25, -0.2) is 0 Å². The summed E-state index contributed by atoms with van der Waals surface area (Å²) in [5, 5.41) is 18.3. The number of carbonyl (C=O) groups is 2. The summed E-state index contributed by atoms with van der Waals surface area (Å²) in [6.45, 7) is -0.183.